The molecule has 328 valence electrons. The normalized spacial score (nSPS) is 14.1. The highest BCUT2D eigenvalue weighted by Gasteiger charge is 2.28. The van der Waals surface area contributed by atoms with E-state index in [1.54, 1.807) is 0 Å². The molecule has 0 bridgehead atoms. The molecule has 6 nitrogen and oxygen atoms in total. The first-order chi connectivity index (χ1) is 27.0. The minimum atomic E-state index is -1.27. The number of amides is 1. The summed E-state index contributed by atoms with van der Waals surface area (Å²) >= 11 is 0. The van der Waals surface area contributed by atoms with Gasteiger partial charge in [-0.05, 0) is 32.1 Å². The van der Waals surface area contributed by atoms with E-state index >= 15 is 0 Å². The van der Waals surface area contributed by atoms with Crippen LogP contribution in [-0.2, 0) is 4.79 Å². The summed E-state index contributed by atoms with van der Waals surface area (Å²) in [6.45, 7) is 3.96. The van der Waals surface area contributed by atoms with Gasteiger partial charge in [0, 0.05) is 0 Å². The van der Waals surface area contributed by atoms with Gasteiger partial charge in [0.05, 0.1) is 18.8 Å². The maximum atomic E-state index is 12.5. The smallest absolute Gasteiger partial charge is 0.249 e. The largest absolute Gasteiger partial charge is 0.394 e. The molecule has 0 saturated carbocycles. The lowest BCUT2D eigenvalue weighted by molar-refractivity contribution is -0.132. The Balaban J connectivity index is 3.46. The van der Waals surface area contributed by atoms with Gasteiger partial charge in [-0.1, -0.05) is 244 Å². The molecule has 0 aliphatic carbocycles. The zero-order chi connectivity index (χ0) is 40.3. The van der Waals surface area contributed by atoms with Gasteiger partial charge in [-0.3, -0.25) is 4.79 Å². The van der Waals surface area contributed by atoms with Crippen LogP contribution in [0.5, 0.6) is 0 Å². The van der Waals surface area contributed by atoms with Crippen molar-refractivity contribution in [3.8, 4) is 0 Å². The molecule has 0 saturated heterocycles. The third kappa shape index (κ3) is 38.3. The SMILES string of the molecule is CCCC/C=C/CCCC(O)C(O)C(CO)NC(=O)C(O)CCCCCCCCCCCCCCCCCCCCCCCCCCCCCCCCCC. The molecule has 55 heavy (non-hydrogen) atoms. The Kier molecular flexibility index (Phi) is 43.4. The van der Waals surface area contributed by atoms with Crippen molar-refractivity contribution in [1.82, 2.24) is 5.32 Å². The fourth-order valence-electron chi connectivity index (χ4n) is 7.80. The minimum Gasteiger partial charge on any atom is -0.394 e. The number of rotatable bonds is 45. The lowest BCUT2D eigenvalue weighted by Gasteiger charge is -2.27. The van der Waals surface area contributed by atoms with E-state index in [-0.39, 0.29) is 0 Å². The van der Waals surface area contributed by atoms with Crippen LogP contribution in [0.4, 0.5) is 0 Å². The molecule has 0 aliphatic heterocycles. The van der Waals surface area contributed by atoms with Gasteiger partial charge in [-0.25, -0.2) is 0 Å². The summed E-state index contributed by atoms with van der Waals surface area (Å²) in [5.41, 5.74) is 0. The van der Waals surface area contributed by atoms with Crippen molar-refractivity contribution in [2.24, 2.45) is 0 Å². The third-order valence-corrected chi connectivity index (χ3v) is 11.7. The van der Waals surface area contributed by atoms with Gasteiger partial charge in [-0.15, -0.1) is 0 Å². The number of aliphatic hydroxyl groups is 4. The standard InChI is InChI=1S/C49H97NO5/c1-3-5-7-9-11-12-13-14-15-16-17-18-19-20-21-22-23-24-25-26-27-28-29-30-31-32-33-34-35-37-39-41-43-47(53)49(55)50-45(44-51)48(54)46(52)42-40-38-36-10-8-6-4-2/h10,36,45-48,51-54H,3-9,11-35,37-44H2,1-2H3,(H,50,55)/b36-10+. The number of nitrogens with one attached hydrogen (secondary N) is 1. The second kappa shape index (κ2) is 44.2. The van der Waals surface area contributed by atoms with Crippen molar-refractivity contribution in [2.45, 2.75) is 289 Å². The third-order valence-electron chi connectivity index (χ3n) is 11.7. The Labute approximate surface area is 342 Å². The molecular weight excluding hydrogens is 683 g/mol. The molecule has 5 N–H and O–H groups in total. The van der Waals surface area contributed by atoms with Crippen molar-refractivity contribution in [3.05, 3.63) is 12.2 Å². The van der Waals surface area contributed by atoms with Crippen LogP contribution in [-0.4, -0.2) is 57.3 Å². The number of carbonyl (C=O) groups is 1. The van der Waals surface area contributed by atoms with Crippen LogP contribution in [0.2, 0.25) is 0 Å². The summed E-state index contributed by atoms with van der Waals surface area (Å²) in [6, 6.07) is -0.995. The molecule has 4 unspecified atom stereocenters. The first kappa shape index (κ1) is 54.0. The van der Waals surface area contributed by atoms with Gasteiger partial charge in [0.2, 0.25) is 5.91 Å². The summed E-state index contributed by atoms with van der Waals surface area (Å²) in [4.78, 5) is 12.5. The van der Waals surface area contributed by atoms with Crippen LogP contribution in [0.25, 0.3) is 0 Å². The fraction of sp³-hybridized carbons (Fsp3) is 0.939. The van der Waals surface area contributed by atoms with Gasteiger partial charge in [0.1, 0.15) is 12.2 Å². The molecule has 0 rings (SSSR count). The lowest BCUT2D eigenvalue weighted by atomic mass is 10.00. The molecule has 0 aliphatic rings. The van der Waals surface area contributed by atoms with E-state index in [1.807, 2.05) is 0 Å². The summed E-state index contributed by atoms with van der Waals surface area (Å²) in [5.74, 6) is -0.593. The van der Waals surface area contributed by atoms with Crippen LogP contribution in [0.15, 0.2) is 12.2 Å². The lowest BCUT2D eigenvalue weighted by Crippen LogP contribution is -2.53. The average molecular weight is 780 g/mol. The van der Waals surface area contributed by atoms with E-state index in [4.69, 9.17) is 0 Å². The summed E-state index contributed by atoms with van der Waals surface area (Å²) in [7, 11) is 0. The van der Waals surface area contributed by atoms with Crippen LogP contribution >= 0.6 is 0 Å². The van der Waals surface area contributed by atoms with Gasteiger partial charge in [0.15, 0.2) is 0 Å². The molecule has 6 heteroatoms. The quantitative estimate of drug-likeness (QED) is 0.0312. The molecule has 0 aromatic heterocycles. The highest BCUT2D eigenvalue weighted by molar-refractivity contribution is 5.80. The van der Waals surface area contributed by atoms with E-state index in [0.29, 0.717) is 12.8 Å². The molecule has 0 aromatic carbocycles. The average Bonchev–Trinajstić information content (AvgIpc) is 3.19. The highest BCUT2D eigenvalue weighted by atomic mass is 16.3. The maximum absolute atomic E-state index is 12.5. The molecule has 0 heterocycles. The van der Waals surface area contributed by atoms with Crippen molar-refractivity contribution in [1.29, 1.82) is 0 Å². The zero-order valence-corrected chi connectivity index (χ0v) is 36.9. The van der Waals surface area contributed by atoms with E-state index in [2.05, 4.69) is 31.3 Å². The van der Waals surface area contributed by atoms with E-state index < -0.39 is 36.9 Å². The Bertz CT molecular complexity index is 791. The topological polar surface area (TPSA) is 110 Å². The van der Waals surface area contributed by atoms with Crippen LogP contribution in [0.3, 0.4) is 0 Å². The molecule has 0 aromatic rings. The monoisotopic (exact) mass is 780 g/mol. The Morgan fingerprint density at radius 3 is 1.07 bits per heavy atom. The van der Waals surface area contributed by atoms with Gasteiger partial charge in [-0.2, -0.15) is 0 Å². The Morgan fingerprint density at radius 2 is 0.745 bits per heavy atom. The van der Waals surface area contributed by atoms with Crippen molar-refractivity contribution in [3.63, 3.8) is 0 Å². The first-order valence-corrected chi connectivity index (χ1v) is 24.6. The highest BCUT2D eigenvalue weighted by Crippen LogP contribution is 2.18. The van der Waals surface area contributed by atoms with Crippen LogP contribution in [0, 0.1) is 0 Å². The number of carbonyl (C=O) groups excluding carboxylic acids is 1. The zero-order valence-electron chi connectivity index (χ0n) is 36.9. The molecular formula is C49H97NO5. The second-order valence-corrected chi connectivity index (χ2v) is 17.2. The minimum absolute atomic E-state index is 0.368. The predicted octanol–water partition coefficient (Wildman–Crippen LogP) is 13.4. The maximum Gasteiger partial charge on any atom is 0.249 e. The fourth-order valence-corrected chi connectivity index (χ4v) is 7.80. The van der Waals surface area contributed by atoms with Gasteiger partial charge >= 0.3 is 0 Å². The first-order valence-electron chi connectivity index (χ1n) is 24.6. The molecule has 4 atom stereocenters. The number of hydrogen-bond donors (Lipinski definition) is 5. The number of hydrogen-bond acceptors (Lipinski definition) is 5. The van der Waals surface area contributed by atoms with E-state index in [0.717, 1.165) is 44.9 Å². The van der Waals surface area contributed by atoms with E-state index in [1.165, 1.54) is 193 Å². The summed E-state index contributed by atoms with van der Waals surface area (Å²) < 4.78 is 0. The Hall–Kier alpha value is -0.950. The molecule has 0 spiro atoms. The van der Waals surface area contributed by atoms with Crippen LogP contribution in [0.1, 0.15) is 264 Å². The predicted molar refractivity (Wildman–Crippen MR) is 238 cm³/mol. The van der Waals surface area contributed by atoms with Gasteiger partial charge < -0.3 is 25.7 Å². The molecule has 0 radical (unpaired) electrons. The Morgan fingerprint density at radius 1 is 0.436 bits per heavy atom. The van der Waals surface area contributed by atoms with E-state index in [9.17, 15) is 25.2 Å². The molecule has 0 fully saturated rings. The second-order valence-electron chi connectivity index (χ2n) is 17.2. The van der Waals surface area contributed by atoms with Crippen molar-refractivity contribution in [2.75, 3.05) is 6.61 Å². The van der Waals surface area contributed by atoms with Crippen molar-refractivity contribution >= 4 is 5.91 Å². The summed E-state index contributed by atoms with van der Waals surface area (Å²) in [5, 5.41) is 43.3. The number of unbranched alkanes of at least 4 members (excludes halogenated alkanes) is 34. The number of allylic oxidation sites excluding steroid dienone is 2. The van der Waals surface area contributed by atoms with Crippen LogP contribution < -0.4 is 5.32 Å². The molecule has 1 amide bonds. The van der Waals surface area contributed by atoms with Gasteiger partial charge in [0.25, 0.3) is 0 Å². The number of aliphatic hydroxyl groups excluding tert-OH is 4. The summed E-state index contributed by atoms with van der Waals surface area (Å²) in [6.07, 6.45) is 50.3. The van der Waals surface area contributed by atoms with Crippen molar-refractivity contribution < 1.29 is 25.2 Å².